The van der Waals surface area contributed by atoms with Crippen LogP contribution >= 0.6 is 0 Å². The van der Waals surface area contributed by atoms with Crippen LogP contribution in [0, 0.1) is 0 Å². The standard InChI is InChI=1S/C11H13NO5/c1-6(12-15)8-2-3-9-11(10(8)14)17-7(4-13)5-16-9/h2-3,7,13-15H,4-5H2,1H3/b12-6+. The van der Waals surface area contributed by atoms with Crippen LogP contribution in [0.25, 0.3) is 0 Å². The Labute approximate surface area is 97.7 Å². The van der Waals surface area contributed by atoms with Crippen molar-refractivity contribution < 1.29 is 24.9 Å². The van der Waals surface area contributed by atoms with Crippen molar-refractivity contribution in [3.8, 4) is 17.2 Å². The Bertz CT molecular complexity index is 457. The zero-order chi connectivity index (χ0) is 12.4. The molecule has 0 aliphatic carbocycles. The first-order chi connectivity index (χ1) is 8.17. The van der Waals surface area contributed by atoms with Crippen LogP contribution < -0.4 is 9.47 Å². The fourth-order valence-corrected chi connectivity index (χ4v) is 1.60. The first kappa shape index (κ1) is 11.5. The lowest BCUT2D eigenvalue weighted by Crippen LogP contribution is -2.32. The highest BCUT2D eigenvalue weighted by molar-refractivity contribution is 6.01. The molecule has 3 N–H and O–H groups in total. The molecule has 1 unspecified atom stereocenters. The maximum Gasteiger partial charge on any atom is 0.204 e. The van der Waals surface area contributed by atoms with Crippen LogP contribution in [-0.2, 0) is 0 Å². The van der Waals surface area contributed by atoms with Gasteiger partial charge in [0, 0.05) is 5.56 Å². The molecule has 0 aromatic heterocycles. The van der Waals surface area contributed by atoms with Crippen molar-refractivity contribution >= 4 is 5.71 Å². The van der Waals surface area contributed by atoms with Crippen LogP contribution in [0.1, 0.15) is 12.5 Å². The molecule has 1 aromatic rings. The molecule has 2 rings (SSSR count). The second kappa shape index (κ2) is 4.50. The first-order valence-electron chi connectivity index (χ1n) is 5.12. The SMILES string of the molecule is C/C(=N\O)c1ccc2c(c1O)OC(CO)CO2. The number of hydrogen-bond donors (Lipinski definition) is 3. The lowest BCUT2D eigenvalue weighted by molar-refractivity contribution is 0.0431. The van der Waals surface area contributed by atoms with Crippen molar-refractivity contribution in [2.75, 3.05) is 13.2 Å². The number of benzene rings is 1. The molecule has 1 aliphatic heterocycles. The van der Waals surface area contributed by atoms with E-state index in [-0.39, 0.29) is 30.4 Å². The fourth-order valence-electron chi connectivity index (χ4n) is 1.60. The maximum atomic E-state index is 9.97. The van der Waals surface area contributed by atoms with Crippen LogP contribution in [0.4, 0.5) is 0 Å². The molecule has 0 fully saturated rings. The lowest BCUT2D eigenvalue weighted by Gasteiger charge is -2.26. The summed E-state index contributed by atoms with van der Waals surface area (Å²) in [5.41, 5.74) is 0.619. The minimum atomic E-state index is -0.505. The highest BCUT2D eigenvalue weighted by Gasteiger charge is 2.25. The van der Waals surface area contributed by atoms with E-state index in [1.807, 2.05) is 0 Å². The van der Waals surface area contributed by atoms with Crippen LogP contribution in [0.15, 0.2) is 17.3 Å². The lowest BCUT2D eigenvalue weighted by atomic mass is 10.1. The zero-order valence-electron chi connectivity index (χ0n) is 9.25. The number of nitrogens with zero attached hydrogens (tertiary/aromatic N) is 1. The van der Waals surface area contributed by atoms with Gasteiger partial charge in [0.1, 0.15) is 6.61 Å². The molecule has 1 aromatic carbocycles. The van der Waals surface area contributed by atoms with Gasteiger partial charge in [0.05, 0.1) is 12.3 Å². The third-order valence-electron chi connectivity index (χ3n) is 2.55. The molecule has 0 saturated carbocycles. The summed E-state index contributed by atoms with van der Waals surface area (Å²) in [7, 11) is 0. The molecule has 92 valence electrons. The number of phenols is 1. The summed E-state index contributed by atoms with van der Waals surface area (Å²) in [5.74, 6) is 0.411. The Hall–Kier alpha value is -1.95. The Balaban J connectivity index is 2.44. The number of oxime groups is 1. The summed E-state index contributed by atoms with van der Waals surface area (Å²) in [6.45, 7) is 1.58. The van der Waals surface area contributed by atoms with Gasteiger partial charge in [-0.05, 0) is 19.1 Å². The van der Waals surface area contributed by atoms with Crippen LogP contribution in [0.5, 0.6) is 17.2 Å². The third kappa shape index (κ3) is 1.99. The van der Waals surface area contributed by atoms with Gasteiger partial charge in [0.25, 0.3) is 0 Å². The number of ether oxygens (including phenoxy) is 2. The molecule has 1 heterocycles. The molecular weight excluding hydrogens is 226 g/mol. The van der Waals surface area contributed by atoms with Gasteiger partial charge >= 0.3 is 0 Å². The normalized spacial score (nSPS) is 19.2. The van der Waals surface area contributed by atoms with Crippen LogP contribution in [0.2, 0.25) is 0 Å². The molecule has 0 spiro atoms. The first-order valence-corrected chi connectivity index (χ1v) is 5.12. The molecule has 1 aliphatic rings. The second-order valence-corrected chi connectivity index (χ2v) is 3.71. The summed E-state index contributed by atoms with van der Waals surface area (Å²) in [6.07, 6.45) is -0.505. The van der Waals surface area contributed by atoms with E-state index in [9.17, 15) is 5.11 Å². The second-order valence-electron chi connectivity index (χ2n) is 3.71. The number of fused-ring (bicyclic) bond motifs is 1. The zero-order valence-corrected chi connectivity index (χ0v) is 9.25. The largest absolute Gasteiger partial charge is 0.504 e. The van der Waals surface area contributed by atoms with E-state index >= 15 is 0 Å². The van der Waals surface area contributed by atoms with E-state index < -0.39 is 6.10 Å². The third-order valence-corrected chi connectivity index (χ3v) is 2.55. The van der Waals surface area contributed by atoms with E-state index in [1.54, 1.807) is 19.1 Å². The van der Waals surface area contributed by atoms with Crippen molar-refractivity contribution in [1.82, 2.24) is 0 Å². The average Bonchev–Trinajstić information content (AvgIpc) is 2.38. The Kier molecular flexibility index (Phi) is 3.06. The minimum absolute atomic E-state index is 0.157. The molecular formula is C11H13NO5. The number of phenolic OH excluding ortho intramolecular Hbond substituents is 1. The summed E-state index contributed by atoms with van der Waals surface area (Å²) in [5, 5.41) is 30.7. The van der Waals surface area contributed by atoms with Crippen LogP contribution in [-0.4, -0.2) is 40.4 Å². The predicted molar refractivity (Wildman–Crippen MR) is 59.1 cm³/mol. The van der Waals surface area contributed by atoms with Gasteiger partial charge in [-0.25, -0.2) is 0 Å². The maximum absolute atomic E-state index is 9.97. The molecule has 0 bridgehead atoms. The van der Waals surface area contributed by atoms with Crippen molar-refractivity contribution in [3.05, 3.63) is 17.7 Å². The van der Waals surface area contributed by atoms with Gasteiger partial charge in [-0.2, -0.15) is 0 Å². The van der Waals surface area contributed by atoms with E-state index in [1.165, 1.54) is 0 Å². The van der Waals surface area contributed by atoms with Gasteiger partial charge in [-0.3, -0.25) is 0 Å². The minimum Gasteiger partial charge on any atom is -0.504 e. The number of rotatable bonds is 2. The van der Waals surface area contributed by atoms with Gasteiger partial charge in [-0.1, -0.05) is 5.16 Å². The molecule has 1 atom stereocenters. The summed E-state index contributed by atoms with van der Waals surface area (Å²) >= 11 is 0. The van der Waals surface area contributed by atoms with Gasteiger partial charge in [0.2, 0.25) is 5.75 Å². The monoisotopic (exact) mass is 239 g/mol. The van der Waals surface area contributed by atoms with Crippen molar-refractivity contribution in [3.63, 3.8) is 0 Å². The highest BCUT2D eigenvalue weighted by atomic mass is 16.6. The van der Waals surface area contributed by atoms with E-state index in [0.29, 0.717) is 11.3 Å². The molecule has 6 nitrogen and oxygen atoms in total. The number of aliphatic hydroxyl groups excluding tert-OH is 1. The summed E-state index contributed by atoms with van der Waals surface area (Å²) in [6, 6.07) is 3.19. The van der Waals surface area contributed by atoms with Gasteiger partial charge in [-0.15, -0.1) is 0 Å². The Morgan fingerprint density at radius 1 is 1.53 bits per heavy atom. The molecule has 0 radical (unpaired) electrons. The number of aliphatic hydroxyl groups is 1. The molecule has 0 saturated heterocycles. The van der Waals surface area contributed by atoms with E-state index in [2.05, 4.69) is 5.16 Å². The quantitative estimate of drug-likeness (QED) is 0.402. The van der Waals surface area contributed by atoms with E-state index in [4.69, 9.17) is 19.8 Å². The molecule has 17 heavy (non-hydrogen) atoms. The molecule has 6 heteroatoms. The number of hydrogen-bond acceptors (Lipinski definition) is 6. The Morgan fingerprint density at radius 2 is 2.29 bits per heavy atom. The number of aromatic hydroxyl groups is 1. The van der Waals surface area contributed by atoms with Gasteiger partial charge in [0.15, 0.2) is 17.6 Å². The summed E-state index contributed by atoms with van der Waals surface area (Å²) < 4.78 is 10.7. The van der Waals surface area contributed by atoms with E-state index in [0.717, 1.165) is 0 Å². The van der Waals surface area contributed by atoms with Crippen molar-refractivity contribution in [2.24, 2.45) is 5.16 Å². The van der Waals surface area contributed by atoms with Crippen molar-refractivity contribution in [2.45, 2.75) is 13.0 Å². The predicted octanol–water partition coefficient (Wildman–Crippen LogP) is 0.722. The summed E-state index contributed by atoms with van der Waals surface area (Å²) in [4.78, 5) is 0. The topological polar surface area (TPSA) is 91.5 Å². The Morgan fingerprint density at radius 3 is 2.94 bits per heavy atom. The highest BCUT2D eigenvalue weighted by Crippen LogP contribution is 2.42. The van der Waals surface area contributed by atoms with Gasteiger partial charge < -0.3 is 24.9 Å². The average molecular weight is 239 g/mol. The smallest absolute Gasteiger partial charge is 0.204 e. The van der Waals surface area contributed by atoms with Crippen molar-refractivity contribution in [1.29, 1.82) is 0 Å². The van der Waals surface area contributed by atoms with Crippen LogP contribution in [0.3, 0.4) is 0 Å². The molecule has 0 amide bonds. The fraction of sp³-hybridized carbons (Fsp3) is 0.364.